The first-order chi connectivity index (χ1) is 14.9. The second-order valence-corrected chi connectivity index (χ2v) is 8.73. The fraction of sp³-hybridized carbons (Fsp3) is 0.0870. The monoisotopic (exact) mass is 456 g/mol. The van der Waals surface area contributed by atoms with E-state index in [4.69, 9.17) is 16.3 Å². The predicted octanol–water partition coefficient (Wildman–Crippen LogP) is 4.98. The van der Waals surface area contributed by atoms with Crippen LogP contribution in [0.1, 0.15) is 10.4 Å². The summed E-state index contributed by atoms with van der Waals surface area (Å²) in [6.45, 7) is 3.69. The third kappa shape index (κ3) is 5.07. The molecule has 1 N–H and O–H groups in total. The average Bonchev–Trinajstić information content (AvgIpc) is 2.78. The molecule has 0 heterocycles. The fourth-order valence-electron chi connectivity index (χ4n) is 2.92. The number of ether oxygens (including phenoxy) is 1. The minimum Gasteiger partial charge on any atom is -0.497 e. The molecule has 1 amide bonds. The van der Waals surface area contributed by atoms with E-state index < -0.39 is 15.9 Å². The molecule has 6 nitrogen and oxygen atoms in total. The molecule has 3 aromatic carbocycles. The molecule has 0 bridgehead atoms. The van der Waals surface area contributed by atoms with E-state index in [0.717, 1.165) is 0 Å². The molecule has 0 aliphatic heterocycles. The number of hydrogen-bond donors (Lipinski definition) is 1. The summed E-state index contributed by atoms with van der Waals surface area (Å²) in [4.78, 5) is 12.6. The van der Waals surface area contributed by atoms with Crippen molar-refractivity contribution in [3.8, 4) is 5.75 Å². The van der Waals surface area contributed by atoms with Crippen molar-refractivity contribution in [2.45, 2.75) is 4.90 Å². The molecule has 3 aromatic rings. The molecule has 0 spiro atoms. The first-order valence-electron chi connectivity index (χ1n) is 9.30. The summed E-state index contributed by atoms with van der Waals surface area (Å²) in [6, 6.07) is 19.6. The number of nitrogens with zero attached hydrogens (tertiary/aromatic N) is 1. The van der Waals surface area contributed by atoms with Gasteiger partial charge in [0.2, 0.25) is 0 Å². The number of sulfonamides is 1. The van der Waals surface area contributed by atoms with Gasteiger partial charge in [0.1, 0.15) is 10.6 Å². The van der Waals surface area contributed by atoms with Gasteiger partial charge in [0.25, 0.3) is 15.9 Å². The molecule has 0 atom stereocenters. The molecule has 31 heavy (non-hydrogen) atoms. The Morgan fingerprint density at radius 2 is 1.84 bits per heavy atom. The number of methoxy groups -OCH3 is 1. The van der Waals surface area contributed by atoms with Crippen molar-refractivity contribution >= 4 is 38.9 Å². The fourth-order valence-corrected chi connectivity index (χ4v) is 4.86. The van der Waals surface area contributed by atoms with E-state index in [-0.39, 0.29) is 22.0 Å². The molecular formula is C23H21ClN2O4S. The molecule has 0 unspecified atom stereocenters. The zero-order valence-corrected chi connectivity index (χ0v) is 18.4. The summed E-state index contributed by atoms with van der Waals surface area (Å²) < 4.78 is 33.1. The predicted molar refractivity (Wildman–Crippen MR) is 124 cm³/mol. The topological polar surface area (TPSA) is 75.7 Å². The lowest BCUT2D eigenvalue weighted by Gasteiger charge is -2.24. The molecule has 0 aromatic heterocycles. The van der Waals surface area contributed by atoms with Crippen LogP contribution in [0.4, 0.5) is 11.4 Å². The SMILES string of the molecule is C=CCN(c1ccccc1)S(=O)(=O)c1cc(C(=O)Nc2cccc(OC)c2)ccc1Cl. The van der Waals surface area contributed by atoms with Gasteiger partial charge in [-0.15, -0.1) is 6.58 Å². The van der Waals surface area contributed by atoms with Gasteiger partial charge in [-0.25, -0.2) is 8.42 Å². The van der Waals surface area contributed by atoms with E-state index in [2.05, 4.69) is 11.9 Å². The third-order valence-corrected chi connectivity index (χ3v) is 6.70. The standard InChI is InChI=1S/C23H21ClN2O4S/c1-3-14-26(19-9-5-4-6-10-19)31(28,29)22-15-17(12-13-21(22)24)23(27)25-18-8-7-11-20(16-18)30-2/h3-13,15-16H,1,14H2,2H3,(H,25,27). The van der Waals surface area contributed by atoms with E-state index in [1.807, 2.05) is 0 Å². The third-order valence-electron chi connectivity index (χ3n) is 4.43. The summed E-state index contributed by atoms with van der Waals surface area (Å²) in [5.41, 5.74) is 1.13. The Morgan fingerprint density at radius 1 is 1.10 bits per heavy atom. The normalized spacial score (nSPS) is 10.9. The van der Waals surface area contributed by atoms with Crippen molar-refractivity contribution in [1.29, 1.82) is 0 Å². The van der Waals surface area contributed by atoms with Gasteiger partial charge in [-0.1, -0.05) is 41.9 Å². The Hall–Kier alpha value is -3.29. The lowest BCUT2D eigenvalue weighted by Crippen LogP contribution is -2.31. The van der Waals surface area contributed by atoms with Crippen molar-refractivity contribution in [1.82, 2.24) is 0 Å². The summed E-state index contributed by atoms with van der Waals surface area (Å²) >= 11 is 6.24. The number of carbonyl (C=O) groups excluding carboxylic acids is 1. The van der Waals surface area contributed by atoms with Gasteiger partial charge in [-0.2, -0.15) is 0 Å². The van der Waals surface area contributed by atoms with Crippen LogP contribution in [0.3, 0.4) is 0 Å². The second-order valence-electron chi connectivity index (χ2n) is 6.49. The van der Waals surface area contributed by atoms with Crippen LogP contribution in [0, 0.1) is 0 Å². The summed E-state index contributed by atoms with van der Waals surface area (Å²) in [5, 5.41) is 2.75. The number of anilines is 2. The van der Waals surface area contributed by atoms with Gasteiger partial charge in [-0.3, -0.25) is 9.10 Å². The molecule has 0 radical (unpaired) electrons. The van der Waals surface area contributed by atoms with Gasteiger partial charge >= 0.3 is 0 Å². The van der Waals surface area contributed by atoms with Crippen molar-refractivity contribution in [2.75, 3.05) is 23.3 Å². The minimum atomic E-state index is -4.06. The van der Waals surface area contributed by atoms with Gasteiger partial charge in [0.05, 0.1) is 24.4 Å². The van der Waals surface area contributed by atoms with Crippen molar-refractivity contribution in [3.63, 3.8) is 0 Å². The van der Waals surface area contributed by atoms with E-state index in [0.29, 0.717) is 17.1 Å². The van der Waals surface area contributed by atoms with Crippen LogP contribution in [0.5, 0.6) is 5.75 Å². The van der Waals surface area contributed by atoms with Crippen LogP contribution in [-0.4, -0.2) is 28.0 Å². The molecule has 0 saturated carbocycles. The maximum absolute atomic E-state index is 13.4. The molecule has 0 aliphatic carbocycles. The number of nitrogens with one attached hydrogen (secondary N) is 1. The van der Waals surface area contributed by atoms with Crippen LogP contribution in [-0.2, 0) is 10.0 Å². The molecule has 0 fully saturated rings. The van der Waals surface area contributed by atoms with Crippen molar-refractivity contribution in [3.05, 3.63) is 96.0 Å². The molecule has 160 valence electrons. The van der Waals surface area contributed by atoms with Gasteiger partial charge < -0.3 is 10.1 Å². The largest absolute Gasteiger partial charge is 0.497 e. The Morgan fingerprint density at radius 3 is 2.52 bits per heavy atom. The molecular weight excluding hydrogens is 436 g/mol. The summed E-state index contributed by atoms with van der Waals surface area (Å²) in [5.74, 6) is 0.108. The zero-order chi connectivity index (χ0) is 22.4. The van der Waals surface area contributed by atoms with Gasteiger partial charge in [0.15, 0.2) is 0 Å². The Bertz CT molecular complexity index is 1200. The number of halogens is 1. The van der Waals surface area contributed by atoms with E-state index in [9.17, 15) is 13.2 Å². The number of rotatable bonds is 8. The van der Waals surface area contributed by atoms with Gasteiger partial charge in [-0.05, 0) is 42.5 Å². The maximum Gasteiger partial charge on any atom is 0.266 e. The molecule has 8 heteroatoms. The summed E-state index contributed by atoms with van der Waals surface area (Å²) in [7, 11) is -2.53. The molecule has 3 rings (SSSR count). The van der Waals surface area contributed by atoms with E-state index in [1.165, 1.54) is 35.7 Å². The number of para-hydroxylation sites is 1. The van der Waals surface area contributed by atoms with Crippen LogP contribution in [0.25, 0.3) is 0 Å². The highest BCUT2D eigenvalue weighted by Crippen LogP contribution is 2.30. The number of benzene rings is 3. The smallest absolute Gasteiger partial charge is 0.266 e. The Labute approximate surface area is 186 Å². The highest BCUT2D eigenvalue weighted by molar-refractivity contribution is 7.93. The quantitative estimate of drug-likeness (QED) is 0.485. The summed E-state index contributed by atoms with van der Waals surface area (Å²) in [6.07, 6.45) is 1.48. The number of hydrogen-bond acceptors (Lipinski definition) is 4. The Balaban J connectivity index is 1.97. The van der Waals surface area contributed by atoms with Crippen LogP contribution in [0.2, 0.25) is 5.02 Å². The highest BCUT2D eigenvalue weighted by atomic mass is 35.5. The lowest BCUT2D eigenvalue weighted by atomic mass is 10.2. The van der Waals surface area contributed by atoms with Crippen LogP contribution in [0.15, 0.2) is 90.3 Å². The van der Waals surface area contributed by atoms with Crippen LogP contribution < -0.4 is 14.4 Å². The zero-order valence-electron chi connectivity index (χ0n) is 16.8. The average molecular weight is 457 g/mol. The van der Waals surface area contributed by atoms with E-state index in [1.54, 1.807) is 54.6 Å². The first kappa shape index (κ1) is 22.4. The molecule has 0 saturated heterocycles. The number of carbonyl (C=O) groups is 1. The molecule has 0 aliphatic rings. The van der Waals surface area contributed by atoms with E-state index >= 15 is 0 Å². The van der Waals surface area contributed by atoms with Crippen molar-refractivity contribution < 1.29 is 17.9 Å². The first-order valence-corrected chi connectivity index (χ1v) is 11.1. The minimum absolute atomic E-state index is 0.0166. The lowest BCUT2D eigenvalue weighted by molar-refractivity contribution is 0.102. The number of amides is 1. The van der Waals surface area contributed by atoms with Crippen molar-refractivity contribution in [2.24, 2.45) is 0 Å². The van der Waals surface area contributed by atoms with Gasteiger partial charge in [0, 0.05) is 17.3 Å². The second kappa shape index (κ2) is 9.68. The highest BCUT2D eigenvalue weighted by Gasteiger charge is 2.27. The van der Waals surface area contributed by atoms with Crippen LogP contribution >= 0.6 is 11.6 Å². The maximum atomic E-state index is 13.4. The Kier molecular flexibility index (Phi) is 6.99.